The number of thioether (sulfide) groups is 1. The minimum atomic E-state index is 0.189. The second-order valence-corrected chi connectivity index (χ2v) is 5.57. The van der Waals surface area contributed by atoms with Crippen molar-refractivity contribution in [3.8, 4) is 0 Å². The molecule has 4 heteroatoms. The van der Waals surface area contributed by atoms with E-state index >= 15 is 0 Å². The molecule has 0 spiro atoms. The van der Waals surface area contributed by atoms with Gasteiger partial charge in [0.15, 0.2) is 0 Å². The molecule has 2 aliphatic heterocycles. The highest BCUT2D eigenvalue weighted by atomic mass is 35.5. The van der Waals surface area contributed by atoms with E-state index in [1.54, 1.807) is 11.8 Å². The van der Waals surface area contributed by atoms with Gasteiger partial charge >= 0.3 is 0 Å². The normalized spacial score (nSPS) is 28.9. The van der Waals surface area contributed by atoms with Crippen LogP contribution in [0.25, 0.3) is 0 Å². The zero-order chi connectivity index (χ0) is 10.4. The van der Waals surface area contributed by atoms with Crippen LogP contribution in [0.4, 0.5) is 5.69 Å². The van der Waals surface area contributed by atoms with Crippen LogP contribution in [0.5, 0.6) is 0 Å². The molecule has 0 saturated carbocycles. The third-order valence-electron chi connectivity index (χ3n) is 2.94. The number of hydrogen-bond donors (Lipinski definition) is 0. The van der Waals surface area contributed by atoms with Crippen molar-refractivity contribution in [3.05, 3.63) is 29.3 Å². The number of nitrogens with zero attached hydrogens (tertiary/aromatic N) is 1. The van der Waals surface area contributed by atoms with Crippen molar-refractivity contribution in [3.63, 3.8) is 0 Å². The molecule has 2 aliphatic rings. The summed E-state index contributed by atoms with van der Waals surface area (Å²) in [5, 5.41) is 0.879. The van der Waals surface area contributed by atoms with Gasteiger partial charge in [0, 0.05) is 22.5 Å². The monoisotopic (exact) mass is 239 g/mol. The van der Waals surface area contributed by atoms with E-state index in [0.29, 0.717) is 11.1 Å². The lowest BCUT2D eigenvalue weighted by molar-refractivity contribution is -0.116. The molecular formula is C11H10ClNOS. The molecule has 2 saturated heterocycles. The molecule has 0 aromatic heterocycles. The average Bonchev–Trinajstić information content (AvgIpc) is 2.77. The first-order valence-electron chi connectivity index (χ1n) is 4.96. The Labute approximate surface area is 97.6 Å². The van der Waals surface area contributed by atoms with Crippen LogP contribution < -0.4 is 4.90 Å². The summed E-state index contributed by atoms with van der Waals surface area (Å²) in [6, 6.07) is 7.92. The molecule has 0 N–H and O–H groups in total. The molecule has 2 atom stereocenters. The van der Waals surface area contributed by atoms with E-state index in [-0.39, 0.29) is 11.2 Å². The average molecular weight is 240 g/mol. The van der Waals surface area contributed by atoms with E-state index in [0.717, 1.165) is 17.9 Å². The molecule has 3 rings (SSSR count). The number of benzene rings is 1. The van der Waals surface area contributed by atoms with Crippen LogP contribution in [-0.4, -0.2) is 23.0 Å². The quantitative estimate of drug-likeness (QED) is 0.751. The Morgan fingerprint density at radius 3 is 3.00 bits per heavy atom. The minimum Gasteiger partial charge on any atom is -0.307 e. The molecule has 2 heterocycles. The molecule has 15 heavy (non-hydrogen) atoms. The Morgan fingerprint density at radius 1 is 1.47 bits per heavy atom. The van der Waals surface area contributed by atoms with Gasteiger partial charge in [-0.25, -0.2) is 0 Å². The summed E-state index contributed by atoms with van der Waals surface area (Å²) in [5.41, 5.74) is 0.945. The predicted molar refractivity (Wildman–Crippen MR) is 63.6 cm³/mol. The smallest absolute Gasteiger partial charge is 0.240 e. The van der Waals surface area contributed by atoms with Gasteiger partial charge in [0.1, 0.15) is 0 Å². The van der Waals surface area contributed by atoms with Crippen molar-refractivity contribution in [2.45, 2.75) is 17.7 Å². The molecule has 2 unspecified atom stereocenters. The van der Waals surface area contributed by atoms with E-state index in [9.17, 15) is 4.79 Å². The number of halogens is 1. The van der Waals surface area contributed by atoms with Gasteiger partial charge in [-0.15, -0.1) is 11.8 Å². The van der Waals surface area contributed by atoms with Gasteiger partial charge in [-0.3, -0.25) is 4.79 Å². The molecule has 78 valence electrons. The van der Waals surface area contributed by atoms with E-state index in [1.807, 2.05) is 29.2 Å². The standard InChI is InChI=1S/C11H10ClNOS/c12-7-2-1-3-8(4-7)13-9-5-10(11(13)14)15-6-9/h1-4,9-10H,5-6H2. The molecule has 0 radical (unpaired) electrons. The van der Waals surface area contributed by atoms with E-state index in [2.05, 4.69) is 0 Å². The van der Waals surface area contributed by atoms with Crippen molar-refractivity contribution < 1.29 is 4.79 Å². The van der Waals surface area contributed by atoms with Crippen molar-refractivity contribution in [1.29, 1.82) is 0 Å². The van der Waals surface area contributed by atoms with Crippen LogP contribution in [0.3, 0.4) is 0 Å². The topological polar surface area (TPSA) is 20.3 Å². The summed E-state index contributed by atoms with van der Waals surface area (Å²) in [7, 11) is 0. The summed E-state index contributed by atoms with van der Waals surface area (Å²) >= 11 is 7.71. The largest absolute Gasteiger partial charge is 0.307 e. The van der Waals surface area contributed by atoms with Gasteiger partial charge in [-0.05, 0) is 24.6 Å². The second kappa shape index (κ2) is 3.42. The molecule has 2 nitrogen and oxygen atoms in total. The van der Waals surface area contributed by atoms with E-state index in [4.69, 9.17) is 11.6 Å². The zero-order valence-corrected chi connectivity index (χ0v) is 9.59. The minimum absolute atomic E-state index is 0.189. The summed E-state index contributed by atoms with van der Waals surface area (Å²) in [6.07, 6.45) is 0.996. The summed E-state index contributed by atoms with van der Waals surface area (Å²) < 4.78 is 0. The third kappa shape index (κ3) is 1.45. The lowest BCUT2D eigenvalue weighted by atomic mass is 10.2. The first-order valence-corrected chi connectivity index (χ1v) is 6.38. The van der Waals surface area contributed by atoms with Crippen LogP contribution in [0.15, 0.2) is 24.3 Å². The van der Waals surface area contributed by atoms with Crippen LogP contribution in [0.1, 0.15) is 6.42 Å². The second-order valence-electron chi connectivity index (χ2n) is 3.90. The van der Waals surface area contributed by atoms with E-state index in [1.165, 1.54) is 0 Å². The highest BCUT2D eigenvalue weighted by Crippen LogP contribution is 2.41. The molecule has 2 bridgehead atoms. The van der Waals surface area contributed by atoms with Crippen LogP contribution in [0.2, 0.25) is 5.02 Å². The maximum absolute atomic E-state index is 11.9. The van der Waals surface area contributed by atoms with Crippen LogP contribution >= 0.6 is 23.4 Å². The van der Waals surface area contributed by atoms with Gasteiger partial charge in [0.2, 0.25) is 5.91 Å². The fraction of sp³-hybridized carbons (Fsp3) is 0.364. The highest BCUT2D eigenvalue weighted by Gasteiger charge is 2.45. The fourth-order valence-electron chi connectivity index (χ4n) is 2.26. The number of anilines is 1. The highest BCUT2D eigenvalue weighted by molar-refractivity contribution is 8.01. The first kappa shape index (κ1) is 9.55. The number of carbonyl (C=O) groups excluding carboxylic acids is 1. The van der Waals surface area contributed by atoms with Crippen LogP contribution in [-0.2, 0) is 4.79 Å². The first-order chi connectivity index (χ1) is 7.25. The molecule has 1 aromatic rings. The van der Waals surface area contributed by atoms with Gasteiger partial charge < -0.3 is 4.90 Å². The van der Waals surface area contributed by atoms with Crippen molar-refractivity contribution in [2.24, 2.45) is 0 Å². The number of carbonyl (C=O) groups is 1. The van der Waals surface area contributed by atoms with Gasteiger partial charge in [0.05, 0.1) is 5.25 Å². The zero-order valence-electron chi connectivity index (χ0n) is 8.02. The van der Waals surface area contributed by atoms with Gasteiger partial charge in [-0.1, -0.05) is 17.7 Å². The van der Waals surface area contributed by atoms with Crippen molar-refractivity contribution in [1.82, 2.24) is 0 Å². The van der Waals surface area contributed by atoms with Crippen LogP contribution in [0, 0.1) is 0 Å². The maximum atomic E-state index is 11.9. The number of fused-ring (bicyclic) bond motifs is 2. The van der Waals surface area contributed by atoms with E-state index < -0.39 is 0 Å². The van der Waals surface area contributed by atoms with Gasteiger partial charge in [0.25, 0.3) is 0 Å². The third-order valence-corrected chi connectivity index (χ3v) is 4.55. The summed E-state index contributed by atoms with van der Waals surface area (Å²) in [6.45, 7) is 0. The van der Waals surface area contributed by atoms with Gasteiger partial charge in [-0.2, -0.15) is 0 Å². The maximum Gasteiger partial charge on any atom is 0.240 e. The Bertz CT molecular complexity index is 423. The molecule has 0 aliphatic carbocycles. The Balaban J connectivity index is 1.98. The summed E-state index contributed by atoms with van der Waals surface area (Å²) in [5.74, 6) is 1.31. The predicted octanol–water partition coefficient (Wildman–Crippen LogP) is 2.56. The summed E-state index contributed by atoms with van der Waals surface area (Å²) in [4.78, 5) is 13.9. The molecular weight excluding hydrogens is 230 g/mol. The Morgan fingerprint density at radius 2 is 2.33 bits per heavy atom. The SMILES string of the molecule is O=C1C2CC(CS2)N1c1cccc(Cl)c1. The Kier molecular flexibility index (Phi) is 2.18. The molecule has 1 aromatic carbocycles. The number of rotatable bonds is 1. The molecule has 2 fully saturated rings. The number of hydrogen-bond acceptors (Lipinski definition) is 2. The fourth-order valence-corrected chi connectivity index (χ4v) is 3.80. The lowest BCUT2D eigenvalue weighted by Gasteiger charge is -2.26. The van der Waals surface area contributed by atoms with Crippen molar-refractivity contribution >= 4 is 35.0 Å². The Hall–Kier alpha value is -0.670. The van der Waals surface area contributed by atoms with Crippen molar-refractivity contribution in [2.75, 3.05) is 10.7 Å². The lowest BCUT2D eigenvalue weighted by Crippen LogP contribution is -2.38. The number of amides is 1. The molecule has 1 amide bonds.